The third-order valence-electron chi connectivity index (χ3n) is 5.56. The van der Waals surface area contributed by atoms with Crippen molar-refractivity contribution < 1.29 is 14.8 Å². The molecule has 7 heteroatoms. The van der Waals surface area contributed by atoms with Gasteiger partial charge in [0.05, 0.1) is 22.7 Å². The van der Waals surface area contributed by atoms with E-state index in [4.69, 9.17) is 11.6 Å². The summed E-state index contributed by atoms with van der Waals surface area (Å²) < 4.78 is 0. The van der Waals surface area contributed by atoms with Crippen molar-refractivity contribution in [2.24, 2.45) is 5.41 Å². The summed E-state index contributed by atoms with van der Waals surface area (Å²) in [4.78, 5) is 29.0. The lowest BCUT2D eigenvalue weighted by Gasteiger charge is -2.32. The smallest absolute Gasteiger partial charge is 0.277 e. The minimum Gasteiger partial charge on any atom is -0.356 e. The lowest BCUT2D eigenvalue weighted by atomic mass is 9.70. The number of pyridine rings is 1. The minimum absolute atomic E-state index is 0.0283. The van der Waals surface area contributed by atoms with Gasteiger partial charge >= 0.3 is 0 Å². The molecule has 1 aliphatic carbocycles. The summed E-state index contributed by atoms with van der Waals surface area (Å²) in [5.41, 5.74) is 2.78. The minimum atomic E-state index is -0.495. The van der Waals surface area contributed by atoms with Gasteiger partial charge < -0.3 is 5.32 Å². The molecule has 0 bridgehead atoms. The molecule has 1 saturated heterocycles. The van der Waals surface area contributed by atoms with Crippen molar-refractivity contribution in [2.75, 3.05) is 6.54 Å². The zero-order valence-electron chi connectivity index (χ0n) is 14.7. The van der Waals surface area contributed by atoms with E-state index in [-0.39, 0.29) is 17.9 Å². The summed E-state index contributed by atoms with van der Waals surface area (Å²) in [6.07, 6.45) is 4.61. The van der Waals surface area contributed by atoms with Gasteiger partial charge in [-0.2, -0.15) is 0 Å². The first-order valence-electron chi connectivity index (χ1n) is 8.98. The molecule has 1 atom stereocenters. The molecule has 2 amide bonds. The van der Waals surface area contributed by atoms with E-state index in [1.165, 1.54) is 11.8 Å². The number of carbonyl (C=O) groups excluding carboxylic acids is 2. The van der Waals surface area contributed by atoms with E-state index >= 15 is 0 Å². The maximum Gasteiger partial charge on any atom is 0.277 e. The molecule has 1 aromatic carbocycles. The van der Waals surface area contributed by atoms with Crippen LogP contribution in [0.15, 0.2) is 36.5 Å². The third kappa shape index (κ3) is 3.42. The number of hydrogen-bond donors (Lipinski definition) is 2. The van der Waals surface area contributed by atoms with Crippen LogP contribution in [0.3, 0.4) is 0 Å². The quantitative estimate of drug-likeness (QED) is 0.628. The Bertz CT molecular complexity index is 900. The zero-order chi connectivity index (χ0) is 19.0. The second-order valence-electron chi connectivity index (χ2n) is 7.28. The van der Waals surface area contributed by atoms with Crippen molar-refractivity contribution >= 4 is 23.4 Å². The standard InChI is InChI=1S/C20H20ClN3O3/c21-16-3-4-17(23-11-16)12-24(27)18(25)14-2-1-13-5-6-20(10-15(13)9-14)7-8-22-19(20)26/h1-4,9,11,27H,5-8,10,12H2,(H,22,26)/t20-/m0/s1. The summed E-state index contributed by atoms with van der Waals surface area (Å²) in [7, 11) is 0. The number of aryl methyl sites for hydroxylation is 1. The number of halogens is 1. The van der Waals surface area contributed by atoms with Crippen LogP contribution >= 0.6 is 11.6 Å². The number of fused-ring (bicyclic) bond motifs is 1. The summed E-state index contributed by atoms with van der Waals surface area (Å²) in [6.45, 7) is 0.685. The van der Waals surface area contributed by atoms with E-state index in [2.05, 4.69) is 10.3 Å². The highest BCUT2D eigenvalue weighted by Gasteiger charge is 2.44. The average Bonchev–Trinajstić information content (AvgIpc) is 3.02. The van der Waals surface area contributed by atoms with E-state index in [1.807, 2.05) is 12.1 Å². The van der Waals surface area contributed by atoms with Crippen LogP contribution in [0.5, 0.6) is 0 Å². The fourth-order valence-corrected chi connectivity index (χ4v) is 4.10. The number of carbonyl (C=O) groups is 2. The van der Waals surface area contributed by atoms with Gasteiger partial charge in [0.25, 0.3) is 5.91 Å². The molecule has 1 aromatic heterocycles. The van der Waals surface area contributed by atoms with Crippen molar-refractivity contribution in [3.05, 3.63) is 63.9 Å². The molecule has 1 fully saturated rings. The number of hydroxylamine groups is 2. The van der Waals surface area contributed by atoms with Gasteiger partial charge in [-0.15, -0.1) is 0 Å². The van der Waals surface area contributed by atoms with Crippen LogP contribution < -0.4 is 5.32 Å². The summed E-state index contributed by atoms with van der Waals surface area (Å²) >= 11 is 5.80. The first-order chi connectivity index (χ1) is 13.0. The first-order valence-corrected chi connectivity index (χ1v) is 9.36. The number of rotatable bonds is 3. The van der Waals surface area contributed by atoms with Crippen LogP contribution in [0, 0.1) is 5.41 Å². The molecule has 1 aliphatic heterocycles. The molecule has 1 spiro atoms. The topological polar surface area (TPSA) is 82.5 Å². The maximum absolute atomic E-state index is 12.6. The lowest BCUT2D eigenvalue weighted by molar-refractivity contribution is -0.128. The van der Waals surface area contributed by atoms with Gasteiger partial charge in [0.2, 0.25) is 5.91 Å². The number of nitrogens with zero attached hydrogens (tertiary/aromatic N) is 2. The van der Waals surface area contributed by atoms with Gasteiger partial charge in [-0.25, -0.2) is 5.06 Å². The largest absolute Gasteiger partial charge is 0.356 e. The van der Waals surface area contributed by atoms with Crippen LogP contribution in [0.4, 0.5) is 0 Å². The molecule has 0 saturated carbocycles. The molecule has 27 heavy (non-hydrogen) atoms. The number of hydrogen-bond acceptors (Lipinski definition) is 4. The molecule has 0 unspecified atom stereocenters. The van der Waals surface area contributed by atoms with E-state index in [9.17, 15) is 14.8 Å². The molecule has 0 radical (unpaired) electrons. The van der Waals surface area contributed by atoms with Crippen LogP contribution in [-0.4, -0.2) is 33.6 Å². The van der Waals surface area contributed by atoms with E-state index in [1.54, 1.807) is 18.2 Å². The van der Waals surface area contributed by atoms with Crippen LogP contribution in [0.25, 0.3) is 0 Å². The average molecular weight is 386 g/mol. The number of aromatic nitrogens is 1. The highest BCUT2D eigenvalue weighted by atomic mass is 35.5. The summed E-state index contributed by atoms with van der Waals surface area (Å²) in [5, 5.41) is 14.3. The molecule has 2 heterocycles. The third-order valence-corrected chi connectivity index (χ3v) is 5.78. The zero-order valence-corrected chi connectivity index (χ0v) is 15.5. The Morgan fingerprint density at radius 1 is 1.26 bits per heavy atom. The maximum atomic E-state index is 12.6. The summed E-state index contributed by atoms with van der Waals surface area (Å²) in [6, 6.07) is 8.78. The van der Waals surface area contributed by atoms with Crippen LogP contribution in [0.2, 0.25) is 5.02 Å². The Labute approximate surface area is 162 Å². The molecule has 6 nitrogen and oxygen atoms in total. The predicted molar refractivity (Wildman–Crippen MR) is 99.4 cm³/mol. The molecule has 140 valence electrons. The first kappa shape index (κ1) is 17.9. The molecular weight excluding hydrogens is 366 g/mol. The fraction of sp³-hybridized carbons (Fsp3) is 0.350. The van der Waals surface area contributed by atoms with E-state index in [0.717, 1.165) is 24.8 Å². The Morgan fingerprint density at radius 2 is 2.11 bits per heavy atom. The van der Waals surface area contributed by atoms with Gasteiger partial charge in [0, 0.05) is 18.3 Å². The highest BCUT2D eigenvalue weighted by molar-refractivity contribution is 6.30. The molecule has 2 N–H and O–H groups in total. The fourth-order valence-electron chi connectivity index (χ4n) is 3.99. The second kappa shape index (κ2) is 6.94. The Morgan fingerprint density at radius 3 is 2.81 bits per heavy atom. The SMILES string of the molecule is O=C(c1ccc2c(c1)C[C@@]1(CCNC1=O)CC2)N(O)Cc1ccc(Cl)cn1. The lowest BCUT2D eigenvalue weighted by Crippen LogP contribution is -2.36. The Kier molecular flexibility index (Phi) is 4.61. The van der Waals surface area contributed by atoms with Gasteiger partial charge in [-0.05, 0) is 61.1 Å². The number of amides is 2. The number of benzene rings is 1. The van der Waals surface area contributed by atoms with E-state index < -0.39 is 5.91 Å². The van der Waals surface area contributed by atoms with Crippen LogP contribution in [-0.2, 0) is 24.2 Å². The molecule has 2 aromatic rings. The van der Waals surface area contributed by atoms with Crippen molar-refractivity contribution in [3.63, 3.8) is 0 Å². The van der Waals surface area contributed by atoms with Crippen molar-refractivity contribution in [2.45, 2.75) is 32.2 Å². The van der Waals surface area contributed by atoms with Crippen molar-refractivity contribution in [1.82, 2.24) is 15.4 Å². The second-order valence-corrected chi connectivity index (χ2v) is 7.71. The Balaban J connectivity index is 1.52. The normalized spacial score (nSPS) is 21.0. The molecule has 2 aliphatic rings. The summed E-state index contributed by atoms with van der Waals surface area (Å²) in [5.74, 6) is -0.382. The van der Waals surface area contributed by atoms with Crippen LogP contribution in [0.1, 0.15) is 40.0 Å². The Hall–Kier alpha value is -2.44. The number of nitrogens with one attached hydrogen (secondary N) is 1. The highest BCUT2D eigenvalue weighted by Crippen LogP contribution is 2.41. The van der Waals surface area contributed by atoms with Crippen molar-refractivity contribution in [3.8, 4) is 0 Å². The monoisotopic (exact) mass is 385 g/mol. The van der Waals surface area contributed by atoms with Gasteiger partial charge in [0.15, 0.2) is 0 Å². The van der Waals surface area contributed by atoms with Gasteiger partial charge in [-0.1, -0.05) is 17.7 Å². The predicted octanol–water partition coefficient (Wildman–Crippen LogP) is 2.76. The van der Waals surface area contributed by atoms with E-state index in [0.29, 0.717) is 34.3 Å². The molecule has 4 rings (SSSR count). The molecular formula is C20H20ClN3O3. The van der Waals surface area contributed by atoms with Crippen molar-refractivity contribution in [1.29, 1.82) is 0 Å². The van der Waals surface area contributed by atoms with Gasteiger partial charge in [-0.3, -0.25) is 19.8 Å². The van der Waals surface area contributed by atoms with Gasteiger partial charge in [0.1, 0.15) is 0 Å².